The normalized spacial score (nSPS) is 14.4. The molecule has 2 heterocycles. The molecular formula is C13H14N4O2. The van der Waals surface area contributed by atoms with Crippen molar-refractivity contribution in [2.45, 2.75) is 25.8 Å². The van der Waals surface area contributed by atoms with E-state index in [1.807, 2.05) is 11.5 Å². The fourth-order valence-electron chi connectivity index (χ4n) is 2.08. The molecule has 0 spiro atoms. The number of aromatic amines is 1. The van der Waals surface area contributed by atoms with Crippen molar-refractivity contribution in [3.8, 4) is 0 Å². The Morgan fingerprint density at radius 2 is 2.32 bits per heavy atom. The summed E-state index contributed by atoms with van der Waals surface area (Å²) in [6.45, 7) is 1.89. The van der Waals surface area contributed by atoms with Crippen molar-refractivity contribution >= 4 is 11.6 Å². The zero-order valence-electron chi connectivity index (χ0n) is 10.5. The van der Waals surface area contributed by atoms with Crippen LogP contribution in [0.25, 0.3) is 0 Å². The maximum absolute atomic E-state index is 12.1. The van der Waals surface area contributed by atoms with Gasteiger partial charge in [-0.05, 0) is 19.8 Å². The zero-order valence-corrected chi connectivity index (χ0v) is 10.5. The fourth-order valence-corrected chi connectivity index (χ4v) is 2.08. The van der Waals surface area contributed by atoms with Crippen molar-refractivity contribution in [3.05, 3.63) is 46.1 Å². The van der Waals surface area contributed by atoms with Gasteiger partial charge in [0.1, 0.15) is 5.56 Å². The highest BCUT2D eigenvalue weighted by Gasteiger charge is 2.25. The van der Waals surface area contributed by atoms with Crippen LogP contribution in [0, 0.1) is 6.92 Å². The van der Waals surface area contributed by atoms with E-state index >= 15 is 0 Å². The van der Waals surface area contributed by atoms with Crippen LogP contribution in [0.4, 0.5) is 5.69 Å². The number of carbonyl (C=O) groups excluding carboxylic acids is 1. The van der Waals surface area contributed by atoms with Crippen LogP contribution in [-0.4, -0.2) is 20.7 Å². The smallest absolute Gasteiger partial charge is 0.261 e. The summed E-state index contributed by atoms with van der Waals surface area (Å²) >= 11 is 0. The Labute approximate surface area is 109 Å². The summed E-state index contributed by atoms with van der Waals surface area (Å²) in [5.74, 6) is -0.402. The van der Waals surface area contributed by atoms with Crippen molar-refractivity contribution in [1.29, 1.82) is 0 Å². The van der Waals surface area contributed by atoms with E-state index in [2.05, 4.69) is 15.5 Å². The van der Waals surface area contributed by atoms with Crippen molar-refractivity contribution in [2.75, 3.05) is 5.32 Å². The second-order valence-corrected chi connectivity index (χ2v) is 4.77. The minimum atomic E-state index is -0.402. The molecule has 2 aromatic rings. The number of nitrogens with zero attached hydrogens (tertiary/aromatic N) is 2. The quantitative estimate of drug-likeness (QED) is 0.874. The maximum Gasteiger partial charge on any atom is 0.261 e. The first kappa shape index (κ1) is 11.7. The van der Waals surface area contributed by atoms with Crippen LogP contribution >= 0.6 is 0 Å². The standard InChI is InChI=1S/C13H14N4O2/c1-8-4-12(18)11(7-17(8)10-2-3-10)13(19)16-9-5-14-15-6-9/h4-7,10H,2-3H2,1H3,(H,14,15)(H,16,19). The number of amides is 1. The molecule has 1 amide bonds. The number of nitrogens with one attached hydrogen (secondary N) is 2. The van der Waals surface area contributed by atoms with E-state index in [0.717, 1.165) is 18.5 Å². The summed E-state index contributed by atoms with van der Waals surface area (Å²) in [5.41, 5.74) is 1.35. The summed E-state index contributed by atoms with van der Waals surface area (Å²) in [6, 6.07) is 1.95. The highest BCUT2D eigenvalue weighted by molar-refractivity contribution is 6.03. The summed E-state index contributed by atoms with van der Waals surface area (Å²) in [5, 5.41) is 8.98. The van der Waals surface area contributed by atoms with E-state index in [9.17, 15) is 9.59 Å². The van der Waals surface area contributed by atoms with Gasteiger partial charge in [0, 0.05) is 30.2 Å². The van der Waals surface area contributed by atoms with E-state index in [4.69, 9.17) is 0 Å². The first-order valence-corrected chi connectivity index (χ1v) is 6.18. The fraction of sp³-hybridized carbons (Fsp3) is 0.308. The SMILES string of the molecule is Cc1cc(=O)c(C(=O)Nc2cn[nH]c2)cn1C1CC1. The summed E-state index contributed by atoms with van der Waals surface area (Å²) in [6.07, 6.45) is 6.92. The third-order valence-corrected chi connectivity index (χ3v) is 3.22. The number of anilines is 1. The second kappa shape index (κ2) is 4.38. The number of H-pyrrole nitrogens is 1. The Bertz CT molecular complexity index is 668. The average molecular weight is 258 g/mol. The monoisotopic (exact) mass is 258 g/mol. The molecule has 6 heteroatoms. The van der Waals surface area contributed by atoms with E-state index in [0.29, 0.717) is 11.7 Å². The number of aromatic nitrogens is 3. The molecule has 0 unspecified atom stereocenters. The number of pyridine rings is 1. The molecule has 6 nitrogen and oxygen atoms in total. The van der Waals surface area contributed by atoms with Crippen LogP contribution in [-0.2, 0) is 0 Å². The molecule has 1 aliphatic rings. The molecule has 2 aromatic heterocycles. The van der Waals surface area contributed by atoms with Crippen LogP contribution in [0.15, 0.2) is 29.5 Å². The van der Waals surface area contributed by atoms with Gasteiger partial charge in [-0.15, -0.1) is 0 Å². The summed E-state index contributed by atoms with van der Waals surface area (Å²) in [7, 11) is 0. The number of hydrogen-bond donors (Lipinski definition) is 2. The van der Waals surface area contributed by atoms with E-state index < -0.39 is 5.91 Å². The van der Waals surface area contributed by atoms with E-state index in [1.54, 1.807) is 12.4 Å². The van der Waals surface area contributed by atoms with Gasteiger partial charge in [0.2, 0.25) is 0 Å². The summed E-state index contributed by atoms with van der Waals surface area (Å²) in [4.78, 5) is 24.0. The number of rotatable bonds is 3. The van der Waals surface area contributed by atoms with Gasteiger partial charge in [0.15, 0.2) is 5.43 Å². The molecule has 0 aromatic carbocycles. The van der Waals surface area contributed by atoms with Gasteiger partial charge in [-0.2, -0.15) is 5.10 Å². The van der Waals surface area contributed by atoms with Gasteiger partial charge in [-0.25, -0.2) is 0 Å². The molecule has 0 saturated heterocycles. The minimum Gasteiger partial charge on any atom is -0.348 e. The predicted octanol–water partition coefficient (Wildman–Crippen LogP) is 1.47. The Kier molecular flexibility index (Phi) is 2.70. The van der Waals surface area contributed by atoms with E-state index in [1.165, 1.54) is 12.3 Å². The Morgan fingerprint density at radius 1 is 1.53 bits per heavy atom. The third-order valence-electron chi connectivity index (χ3n) is 3.22. The molecular weight excluding hydrogens is 244 g/mol. The molecule has 0 aliphatic heterocycles. The average Bonchev–Trinajstić information content (AvgIpc) is 3.07. The van der Waals surface area contributed by atoms with E-state index in [-0.39, 0.29) is 11.0 Å². The Hall–Kier alpha value is -2.37. The molecule has 98 valence electrons. The highest BCUT2D eigenvalue weighted by atomic mass is 16.2. The van der Waals surface area contributed by atoms with Gasteiger partial charge >= 0.3 is 0 Å². The molecule has 1 saturated carbocycles. The lowest BCUT2D eigenvalue weighted by Crippen LogP contribution is -2.23. The largest absolute Gasteiger partial charge is 0.348 e. The zero-order chi connectivity index (χ0) is 13.4. The van der Waals surface area contributed by atoms with Crippen molar-refractivity contribution < 1.29 is 4.79 Å². The van der Waals surface area contributed by atoms with Gasteiger partial charge in [0.25, 0.3) is 5.91 Å². The Morgan fingerprint density at radius 3 is 2.95 bits per heavy atom. The predicted molar refractivity (Wildman–Crippen MR) is 70.3 cm³/mol. The third kappa shape index (κ3) is 2.29. The van der Waals surface area contributed by atoms with Gasteiger partial charge < -0.3 is 9.88 Å². The topological polar surface area (TPSA) is 79.8 Å². The van der Waals surface area contributed by atoms with Gasteiger partial charge in [-0.3, -0.25) is 14.7 Å². The molecule has 19 heavy (non-hydrogen) atoms. The molecule has 1 aliphatic carbocycles. The van der Waals surface area contributed by atoms with Crippen molar-refractivity contribution in [3.63, 3.8) is 0 Å². The van der Waals surface area contributed by atoms with Gasteiger partial charge in [-0.1, -0.05) is 0 Å². The molecule has 0 bridgehead atoms. The minimum absolute atomic E-state index is 0.165. The van der Waals surface area contributed by atoms with Crippen LogP contribution in [0.2, 0.25) is 0 Å². The van der Waals surface area contributed by atoms with Crippen LogP contribution in [0.5, 0.6) is 0 Å². The maximum atomic E-state index is 12.1. The molecule has 1 fully saturated rings. The molecule has 3 rings (SSSR count). The van der Waals surface area contributed by atoms with Crippen LogP contribution in [0.1, 0.15) is 34.9 Å². The molecule has 0 radical (unpaired) electrons. The Balaban J connectivity index is 1.93. The van der Waals surface area contributed by atoms with Crippen molar-refractivity contribution in [1.82, 2.24) is 14.8 Å². The number of hydrogen-bond acceptors (Lipinski definition) is 3. The highest BCUT2D eigenvalue weighted by Crippen LogP contribution is 2.35. The second-order valence-electron chi connectivity index (χ2n) is 4.77. The van der Waals surface area contributed by atoms with Gasteiger partial charge in [0.05, 0.1) is 11.9 Å². The molecule has 0 atom stereocenters. The van der Waals surface area contributed by atoms with Crippen LogP contribution < -0.4 is 10.7 Å². The molecule has 2 N–H and O–H groups in total. The number of aryl methyl sites for hydroxylation is 1. The number of carbonyl (C=O) groups is 1. The van der Waals surface area contributed by atoms with Crippen molar-refractivity contribution in [2.24, 2.45) is 0 Å². The van der Waals surface area contributed by atoms with Crippen LogP contribution in [0.3, 0.4) is 0 Å². The lowest BCUT2D eigenvalue weighted by Gasteiger charge is -2.11. The first-order valence-electron chi connectivity index (χ1n) is 6.18. The lowest BCUT2D eigenvalue weighted by molar-refractivity contribution is 0.102. The summed E-state index contributed by atoms with van der Waals surface area (Å²) < 4.78 is 2.01. The first-order chi connectivity index (χ1) is 9.15. The lowest BCUT2D eigenvalue weighted by atomic mass is 10.2.